The van der Waals surface area contributed by atoms with Gasteiger partial charge in [0.05, 0.1) is 28.5 Å². The van der Waals surface area contributed by atoms with Crippen LogP contribution in [0, 0.1) is 5.92 Å². The third-order valence-electron chi connectivity index (χ3n) is 10.4. The third-order valence-corrected chi connectivity index (χ3v) is 10.4. The van der Waals surface area contributed by atoms with E-state index in [2.05, 4.69) is 163 Å². The van der Waals surface area contributed by atoms with Gasteiger partial charge < -0.3 is 8.98 Å². The topological polar surface area (TPSA) is 42.8 Å². The van der Waals surface area contributed by atoms with Crippen LogP contribution in [0.2, 0.25) is 0 Å². The maximum Gasteiger partial charge on any atom is 0.159 e. The van der Waals surface area contributed by atoms with Crippen LogP contribution in [0.3, 0.4) is 0 Å². The van der Waals surface area contributed by atoms with Crippen molar-refractivity contribution in [3.05, 3.63) is 187 Å². The molecule has 0 N–H and O–H groups in total. The molecule has 0 fully saturated rings. The van der Waals surface area contributed by atoms with E-state index in [4.69, 9.17) is 14.4 Å². The number of amidine groups is 1. The number of rotatable bonds is 5. The summed E-state index contributed by atoms with van der Waals surface area (Å²) in [7, 11) is 0. The number of fused-ring (bicyclic) bond motifs is 6. The Kier molecular flexibility index (Phi) is 6.81. The van der Waals surface area contributed by atoms with Gasteiger partial charge in [0, 0.05) is 33.0 Å². The molecular formula is C47H33N3O. The van der Waals surface area contributed by atoms with Crippen molar-refractivity contribution in [2.45, 2.75) is 13.0 Å². The van der Waals surface area contributed by atoms with Gasteiger partial charge in [0.15, 0.2) is 11.4 Å². The van der Waals surface area contributed by atoms with Crippen molar-refractivity contribution in [2.24, 2.45) is 15.9 Å². The molecular weight excluding hydrogens is 623 g/mol. The van der Waals surface area contributed by atoms with E-state index in [1.165, 1.54) is 27.4 Å². The van der Waals surface area contributed by atoms with Gasteiger partial charge in [-0.3, -0.25) is 4.99 Å². The lowest BCUT2D eigenvalue weighted by atomic mass is 9.85. The summed E-state index contributed by atoms with van der Waals surface area (Å²) in [4.78, 5) is 10.4. The van der Waals surface area contributed by atoms with Crippen LogP contribution in [-0.4, -0.2) is 16.1 Å². The molecule has 7 aromatic carbocycles. The zero-order valence-electron chi connectivity index (χ0n) is 28.1. The van der Waals surface area contributed by atoms with Crippen LogP contribution in [0.5, 0.6) is 0 Å². The van der Waals surface area contributed by atoms with Crippen LogP contribution < -0.4 is 0 Å². The van der Waals surface area contributed by atoms with E-state index in [1.807, 2.05) is 18.2 Å². The number of hydrogen-bond acceptors (Lipinski definition) is 3. The van der Waals surface area contributed by atoms with E-state index in [1.54, 1.807) is 0 Å². The molecule has 0 aliphatic carbocycles. The summed E-state index contributed by atoms with van der Waals surface area (Å²) in [5.41, 5.74) is 11.7. The lowest BCUT2D eigenvalue weighted by Gasteiger charge is -2.28. The van der Waals surface area contributed by atoms with E-state index in [0.29, 0.717) is 0 Å². The van der Waals surface area contributed by atoms with Crippen LogP contribution in [0.4, 0.5) is 0 Å². The molecule has 0 saturated heterocycles. The zero-order valence-corrected chi connectivity index (χ0v) is 28.1. The van der Waals surface area contributed by atoms with Gasteiger partial charge >= 0.3 is 0 Å². The molecule has 1 aliphatic heterocycles. The summed E-state index contributed by atoms with van der Waals surface area (Å²) < 4.78 is 9.13. The summed E-state index contributed by atoms with van der Waals surface area (Å²) in [5, 5.41) is 4.68. The molecule has 1 unspecified atom stereocenters. The molecule has 0 radical (unpaired) electrons. The first-order valence-electron chi connectivity index (χ1n) is 17.5. The van der Waals surface area contributed by atoms with Crippen molar-refractivity contribution in [2.75, 3.05) is 0 Å². The Labute approximate surface area is 295 Å². The monoisotopic (exact) mass is 655 g/mol. The number of aromatic nitrogens is 1. The first kappa shape index (κ1) is 29.4. The summed E-state index contributed by atoms with van der Waals surface area (Å²) in [6.07, 6.45) is 0. The minimum absolute atomic E-state index is 0.0341. The number of benzene rings is 7. The predicted octanol–water partition coefficient (Wildman–Crippen LogP) is 12.0. The van der Waals surface area contributed by atoms with Gasteiger partial charge in [0.25, 0.3) is 0 Å². The highest BCUT2D eigenvalue weighted by atomic mass is 16.3. The van der Waals surface area contributed by atoms with Gasteiger partial charge in [-0.05, 0) is 58.7 Å². The Hall–Kier alpha value is -6.52. The van der Waals surface area contributed by atoms with Gasteiger partial charge in [-0.25, -0.2) is 4.99 Å². The highest BCUT2D eigenvalue weighted by molar-refractivity contribution is 6.16. The fraction of sp³-hybridized carbons (Fsp3) is 0.0638. The Morgan fingerprint density at radius 1 is 0.510 bits per heavy atom. The molecule has 2 aromatic heterocycles. The van der Waals surface area contributed by atoms with Crippen molar-refractivity contribution in [3.8, 4) is 16.8 Å². The molecule has 2 atom stereocenters. The average molecular weight is 656 g/mol. The van der Waals surface area contributed by atoms with Crippen molar-refractivity contribution >= 4 is 55.3 Å². The van der Waals surface area contributed by atoms with E-state index in [-0.39, 0.29) is 12.0 Å². The minimum atomic E-state index is -0.0341. The lowest BCUT2D eigenvalue weighted by molar-refractivity contribution is 0.592. The fourth-order valence-electron chi connectivity index (χ4n) is 7.88. The zero-order chi connectivity index (χ0) is 33.9. The lowest BCUT2D eigenvalue weighted by Crippen LogP contribution is -2.26. The van der Waals surface area contributed by atoms with Crippen LogP contribution in [0.1, 0.15) is 29.7 Å². The normalized spacial score (nSPS) is 16.2. The Morgan fingerprint density at radius 3 is 1.88 bits per heavy atom. The summed E-state index contributed by atoms with van der Waals surface area (Å²) in [5.74, 6) is 0.859. The van der Waals surface area contributed by atoms with E-state index < -0.39 is 0 Å². The molecule has 0 bridgehead atoms. The summed E-state index contributed by atoms with van der Waals surface area (Å²) in [6, 6.07) is 59.8. The molecule has 3 heterocycles. The number of nitrogens with zero attached hydrogens (tertiary/aromatic N) is 3. The van der Waals surface area contributed by atoms with Crippen LogP contribution in [0.25, 0.3) is 60.6 Å². The number of para-hydroxylation sites is 3. The molecule has 4 heteroatoms. The first-order valence-corrected chi connectivity index (χ1v) is 17.5. The second-order valence-corrected chi connectivity index (χ2v) is 13.4. The molecule has 4 nitrogen and oxygen atoms in total. The molecule has 51 heavy (non-hydrogen) atoms. The summed E-state index contributed by atoms with van der Waals surface area (Å²) >= 11 is 0. The summed E-state index contributed by atoms with van der Waals surface area (Å²) in [6.45, 7) is 2.24. The molecule has 0 spiro atoms. The smallest absolute Gasteiger partial charge is 0.159 e. The fourth-order valence-corrected chi connectivity index (χ4v) is 7.88. The number of hydrogen-bond donors (Lipinski definition) is 0. The van der Waals surface area contributed by atoms with E-state index in [0.717, 1.165) is 61.4 Å². The Balaban J connectivity index is 1.08. The molecule has 0 saturated carbocycles. The van der Waals surface area contributed by atoms with Crippen LogP contribution in [-0.2, 0) is 0 Å². The largest absolute Gasteiger partial charge is 0.454 e. The highest BCUT2D eigenvalue weighted by Gasteiger charge is 2.29. The van der Waals surface area contributed by atoms with Crippen molar-refractivity contribution in [1.82, 2.24) is 4.57 Å². The van der Waals surface area contributed by atoms with Crippen molar-refractivity contribution in [1.29, 1.82) is 0 Å². The SMILES string of the molecule is C[C@H]1C(c2cccc(-c3ccc4c(c3)oc3c(-n5c6ccccc6c6ccccc65)cccc34)c2)=NC(c2ccccc2)=NC1c1ccccc1. The maximum absolute atomic E-state index is 6.80. The first-order chi connectivity index (χ1) is 25.2. The molecule has 0 amide bonds. The number of furan rings is 1. The minimum Gasteiger partial charge on any atom is -0.454 e. The van der Waals surface area contributed by atoms with Gasteiger partial charge in [0.2, 0.25) is 0 Å². The molecule has 10 rings (SSSR count). The average Bonchev–Trinajstić information content (AvgIpc) is 3.74. The van der Waals surface area contributed by atoms with Gasteiger partial charge in [-0.1, -0.05) is 140 Å². The highest BCUT2D eigenvalue weighted by Crippen LogP contribution is 2.40. The molecule has 9 aromatic rings. The van der Waals surface area contributed by atoms with Crippen LogP contribution >= 0.6 is 0 Å². The quantitative estimate of drug-likeness (QED) is 0.182. The van der Waals surface area contributed by atoms with Gasteiger partial charge in [-0.15, -0.1) is 0 Å². The molecule has 242 valence electrons. The van der Waals surface area contributed by atoms with Crippen molar-refractivity contribution < 1.29 is 4.42 Å². The number of aliphatic imine (C=N–C) groups is 2. The van der Waals surface area contributed by atoms with Crippen LogP contribution in [0.15, 0.2) is 184 Å². The Morgan fingerprint density at radius 2 is 1.12 bits per heavy atom. The predicted molar refractivity (Wildman–Crippen MR) is 211 cm³/mol. The second-order valence-electron chi connectivity index (χ2n) is 13.4. The van der Waals surface area contributed by atoms with E-state index >= 15 is 0 Å². The van der Waals surface area contributed by atoms with Gasteiger partial charge in [0.1, 0.15) is 5.58 Å². The Bertz CT molecular complexity index is 2770. The second kappa shape index (κ2) is 11.8. The standard InChI is InChI=1S/C47H33N3O/c1-30-44(31-14-4-2-5-15-31)48-47(32-16-6-3-7-17-32)49-45(30)35-19-12-18-33(28-35)34-26-27-38-39-22-13-25-42(46(39)51-43(38)29-34)50-40-23-10-8-20-36(40)37-21-9-11-24-41(37)50/h2-30,44H,1H3/t30-,44?/m1/s1. The third kappa shape index (κ3) is 4.83. The van der Waals surface area contributed by atoms with E-state index in [9.17, 15) is 0 Å². The van der Waals surface area contributed by atoms with Crippen molar-refractivity contribution in [3.63, 3.8) is 0 Å². The van der Waals surface area contributed by atoms with Gasteiger partial charge in [-0.2, -0.15) is 0 Å². The molecule has 1 aliphatic rings. The maximum atomic E-state index is 6.80.